The summed E-state index contributed by atoms with van der Waals surface area (Å²) in [6.07, 6.45) is 0.737. The minimum Gasteiger partial charge on any atom is -0.337 e. The Morgan fingerprint density at radius 3 is 2.36 bits per heavy atom. The second-order valence-electron chi connectivity index (χ2n) is 5.50. The van der Waals surface area contributed by atoms with Gasteiger partial charge in [0.1, 0.15) is 11.6 Å². The van der Waals surface area contributed by atoms with Crippen LogP contribution in [0, 0.1) is 11.6 Å². The lowest BCUT2D eigenvalue weighted by Crippen LogP contribution is -2.32. The third-order valence-electron chi connectivity index (χ3n) is 3.89. The number of nitrogens with zero attached hydrogens (tertiary/aromatic N) is 1. The third-order valence-corrected chi connectivity index (χ3v) is 3.89. The molecule has 0 radical (unpaired) electrons. The first kappa shape index (κ1) is 14.7. The highest BCUT2D eigenvalue weighted by Gasteiger charge is 2.26. The molecule has 3 nitrogen and oxygen atoms in total. The van der Waals surface area contributed by atoms with E-state index in [0.29, 0.717) is 24.2 Å². The van der Waals surface area contributed by atoms with Gasteiger partial charge in [0.25, 0.3) is 5.91 Å². The number of likely N-dealkylation sites (tertiary alicyclic amines) is 1. The van der Waals surface area contributed by atoms with Gasteiger partial charge in [0.05, 0.1) is 5.56 Å². The van der Waals surface area contributed by atoms with Crippen LogP contribution in [0.1, 0.15) is 16.8 Å². The maximum Gasteiger partial charge on any atom is 0.256 e. The molecule has 1 aliphatic heterocycles. The molecule has 1 atom stereocenters. The number of hydrogen-bond donors (Lipinski definition) is 1. The van der Waals surface area contributed by atoms with Crippen LogP contribution in [0.4, 0.5) is 8.78 Å². The van der Waals surface area contributed by atoms with Gasteiger partial charge < -0.3 is 10.6 Å². The van der Waals surface area contributed by atoms with Crippen molar-refractivity contribution in [3.05, 3.63) is 59.7 Å². The van der Waals surface area contributed by atoms with Crippen molar-refractivity contribution in [2.24, 2.45) is 5.73 Å². The summed E-state index contributed by atoms with van der Waals surface area (Å²) in [6, 6.07) is 10.2. The number of carbonyl (C=O) groups is 1. The first-order chi connectivity index (χ1) is 10.5. The van der Waals surface area contributed by atoms with Crippen LogP contribution < -0.4 is 5.73 Å². The molecular weight excluding hydrogens is 286 g/mol. The van der Waals surface area contributed by atoms with E-state index in [1.807, 2.05) is 0 Å². The van der Waals surface area contributed by atoms with Gasteiger partial charge in [-0.15, -0.1) is 0 Å². The molecule has 2 aromatic rings. The number of carbonyl (C=O) groups excluding carboxylic acids is 1. The van der Waals surface area contributed by atoms with Crippen molar-refractivity contribution in [2.75, 3.05) is 13.1 Å². The van der Waals surface area contributed by atoms with Crippen molar-refractivity contribution in [2.45, 2.75) is 12.5 Å². The molecule has 22 heavy (non-hydrogen) atoms. The van der Waals surface area contributed by atoms with Crippen LogP contribution in [0.2, 0.25) is 0 Å². The second-order valence-corrected chi connectivity index (χ2v) is 5.50. The van der Waals surface area contributed by atoms with Gasteiger partial charge in [-0.3, -0.25) is 4.79 Å². The maximum atomic E-state index is 14.3. The van der Waals surface area contributed by atoms with Crippen LogP contribution in [0.5, 0.6) is 0 Å². The molecule has 0 aromatic heterocycles. The van der Waals surface area contributed by atoms with Gasteiger partial charge in [-0.1, -0.05) is 18.2 Å². The van der Waals surface area contributed by atoms with Gasteiger partial charge in [-0.05, 0) is 41.8 Å². The average molecular weight is 302 g/mol. The van der Waals surface area contributed by atoms with E-state index >= 15 is 0 Å². The molecule has 1 aliphatic rings. The van der Waals surface area contributed by atoms with E-state index in [0.717, 1.165) is 6.42 Å². The van der Waals surface area contributed by atoms with Crippen LogP contribution in [-0.2, 0) is 0 Å². The molecule has 1 fully saturated rings. The summed E-state index contributed by atoms with van der Waals surface area (Å²) >= 11 is 0. The van der Waals surface area contributed by atoms with E-state index in [9.17, 15) is 13.6 Å². The number of halogens is 2. The Hall–Kier alpha value is -2.27. The highest BCUT2D eigenvalue weighted by atomic mass is 19.1. The van der Waals surface area contributed by atoms with E-state index in [1.165, 1.54) is 24.3 Å². The Labute approximate surface area is 127 Å². The van der Waals surface area contributed by atoms with E-state index in [-0.39, 0.29) is 23.3 Å². The van der Waals surface area contributed by atoms with Crippen LogP contribution in [-0.4, -0.2) is 29.9 Å². The van der Waals surface area contributed by atoms with Gasteiger partial charge in [-0.2, -0.15) is 0 Å². The fraction of sp³-hybridized carbons (Fsp3) is 0.235. The van der Waals surface area contributed by atoms with Gasteiger partial charge in [0, 0.05) is 19.1 Å². The smallest absolute Gasteiger partial charge is 0.256 e. The molecule has 0 unspecified atom stereocenters. The van der Waals surface area contributed by atoms with Gasteiger partial charge >= 0.3 is 0 Å². The number of amides is 1. The summed E-state index contributed by atoms with van der Waals surface area (Å²) in [5.74, 6) is -1.26. The SMILES string of the molecule is N[C@@H]1CCN(C(=O)c2ccc(-c3ccc(F)cc3)cc2F)C1. The fourth-order valence-corrected chi connectivity index (χ4v) is 2.65. The normalized spacial score (nSPS) is 17.8. The second kappa shape index (κ2) is 5.85. The lowest BCUT2D eigenvalue weighted by Gasteiger charge is -2.16. The fourth-order valence-electron chi connectivity index (χ4n) is 2.65. The number of rotatable bonds is 2. The Kier molecular flexibility index (Phi) is 3.90. The molecule has 0 bridgehead atoms. The van der Waals surface area contributed by atoms with Crippen molar-refractivity contribution in [1.29, 1.82) is 0 Å². The summed E-state index contributed by atoms with van der Waals surface area (Å²) in [5, 5.41) is 0. The zero-order chi connectivity index (χ0) is 15.7. The molecule has 3 rings (SSSR count). The van der Waals surface area contributed by atoms with E-state index in [4.69, 9.17) is 5.73 Å². The van der Waals surface area contributed by atoms with Gasteiger partial charge in [-0.25, -0.2) is 8.78 Å². The first-order valence-corrected chi connectivity index (χ1v) is 7.15. The molecule has 1 saturated heterocycles. The molecule has 0 aliphatic carbocycles. The lowest BCUT2D eigenvalue weighted by molar-refractivity contribution is 0.0786. The van der Waals surface area contributed by atoms with Crippen molar-refractivity contribution in [1.82, 2.24) is 4.90 Å². The Bertz CT molecular complexity index is 700. The van der Waals surface area contributed by atoms with Crippen LogP contribution in [0.15, 0.2) is 42.5 Å². The third kappa shape index (κ3) is 2.85. The number of hydrogen-bond acceptors (Lipinski definition) is 2. The highest BCUT2D eigenvalue weighted by molar-refractivity contribution is 5.95. The standard InChI is InChI=1S/C17H16F2N2O/c18-13-4-1-11(2-5-13)12-3-6-15(16(19)9-12)17(22)21-8-7-14(20)10-21/h1-6,9,14H,7-8,10,20H2/t14-/m1/s1. The van der Waals surface area contributed by atoms with Gasteiger partial charge in [0.15, 0.2) is 0 Å². The lowest BCUT2D eigenvalue weighted by atomic mass is 10.0. The molecule has 2 aromatic carbocycles. The first-order valence-electron chi connectivity index (χ1n) is 7.15. The molecule has 2 N–H and O–H groups in total. The summed E-state index contributed by atoms with van der Waals surface area (Å²) in [7, 11) is 0. The minimum absolute atomic E-state index is 0.0366. The Morgan fingerprint density at radius 1 is 1.09 bits per heavy atom. The maximum absolute atomic E-state index is 14.3. The van der Waals surface area contributed by atoms with Gasteiger partial charge in [0.2, 0.25) is 0 Å². The highest BCUT2D eigenvalue weighted by Crippen LogP contribution is 2.23. The molecule has 5 heteroatoms. The molecule has 0 saturated carbocycles. The molecule has 1 amide bonds. The van der Waals surface area contributed by atoms with E-state index in [1.54, 1.807) is 23.1 Å². The van der Waals surface area contributed by atoms with E-state index < -0.39 is 5.82 Å². The summed E-state index contributed by atoms with van der Waals surface area (Å²) in [4.78, 5) is 13.9. The van der Waals surface area contributed by atoms with Crippen molar-refractivity contribution in [3.63, 3.8) is 0 Å². The van der Waals surface area contributed by atoms with Crippen LogP contribution in [0.25, 0.3) is 11.1 Å². The molecule has 1 heterocycles. The summed E-state index contributed by atoms with van der Waals surface area (Å²) < 4.78 is 27.2. The summed E-state index contributed by atoms with van der Waals surface area (Å²) in [6.45, 7) is 1.01. The zero-order valence-electron chi connectivity index (χ0n) is 11.9. The summed E-state index contributed by atoms with van der Waals surface area (Å²) in [5.41, 5.74) is 7.12. The van der Waals surface area contributed by atoms with Crippen molar-refractivity contribution >= 4 is 5.91 Å². The Balaban J connectivity index is 1.86. The minimum atomic E-state index is -0.577. The topological polar surface area (TPSA) is 46.3 Å². The molecule has 0 spiro atoms. The van der Waals surface area contributed by atoms with Crippen LogP contribution >= 0.6 is 0 Å². The zero-order valence-corrected chi connectivity index (χ0v) is 11.9. The largest absolute Gasteiger partial charge is 0.337 e. The van der Waals surface area contributed by atoms with Crippen molar-refractivity contribution < 1.29 is 13.6 Å². The number of nitrogens with two attached hydrogens (primary N) is 1. The predicted molar refractivity (Wildman–Crippen MR) is 80.3 cm³/mol. The number of benzene rings is 2. The van der Waals surface area contributed by atoms with E-state index in [2.05, 4.69) is 0 Å². The quantitative estimate of drug-likeness (QED) is 0.927. The van der Waals surface area contributed by atoms with Crippen molar-refractivity contribution in [3.8, 4) is 11.1 Å². The average Bonchev–Trinajstić information content (AvgIpc) is 2.94. The Morgan fingerprint density at radius 2 is 1.77 bits per heavy atom. The molecular formula is C17H16F2N2O. The monoisotopic (exact) mass is 302 g/mol. The van der Waals surface area contributed by atoms with Crippen LogP contribution in [0.3, 0.4) is 0 Å². The predicted octanol–water partition coefficient (Wildman–Crippen LogP) is 2.81. The molecule has 114 valence electrons.